The molecule has 1 fully saturated rings. The van der Waals surface area contributed by atoms with Gasteiger partial charge in [-0.1, -0.05) is 54.1 Å². The molecule has 2 aromatic rings. The van der Waals surface area contributed by atoms with Gasteiger partial charge in [0.2, 0.25) is 0 Å². The molecule has 5 heteroatoms. The van der Waals surface area contributed by atoms with Crippen LogP contribution in [0.5, 0.6) is 0 Å². The summed E-state index contributed by atoms with van der Waals surface area (Å²) < 4.78 is 11.4. The van der Waals surface area contributed by atoms with Crippen molar-refractivity contribution in [3.8, 4) is 0 Å². The minimum Gasteiger partial charge on any atom is -0.388 e. The Morgan fingerprint density at radius 1 is 1.21 bits per heavy atom. The molecule has 3 atom stereocenters. The average molecular weight is 347 g/mol. The Hall–Kier alpha value is -1.72. The number of carbonyl (C=O) groups is 1. The minimum atomic E-state index is -0.731. The van der Waals surface area contributed by atoms with E-state index >= 15 is 0 Å². The van der Waals surface area contributed by atoms with Gasteiger partial charge in [-0.25, -0.2) is 0 Å². The zero-order valence-corrected chi connectivity index (χ0v) is 13.9. The number of benzene rings is 2. The fourth-order valence-electron chi connectivity index (χ4n) is 2.78. The average Bonchev–Trinajstić information content (AvgIpc) is 2.93. The lowest BCUT2D eigenvalue weighted by molar-refractivity contribution is -0.0459. The third-order valence-corrected chi connectivity index (χ3v) is 4.28. The first kappa shape index (κ1) is 17.1. The monoisotopic (exact) mass is 346 g/mol. The van der Waals surface area contributed by atoms with Crippen molar-refractivity contribution in [3.05, 3.63) is 70.7 Å². The summed E-state index contributed by atoms with van der Waals surface area (Å²) in [5, 5.41) is 10.6. The van der Waals surface area contributed by atoms with Crippen LogP contribution in [0, 0.1) is 0 Å². The van der Waals surface area contributed by atoms with Crippen molar-refractivity contribution in [2.75, 3.05) is 6.61 Å². The molecule has 0 radical (unpaired) electrons. The topological polar surface area (TPSA) is 55.8 Å². The van der Waals surface area contributed by atoms with E-state index in [2.05, 4.69) is 0 Å². The zero-order chi connectivity index (χ0) is 16.9. The highest BCUT2D eigenvalue weighted by Gasteiger charge is 2.38. The number of hydrogen-bond donors (Lipinski definition) is 1. The van der Waals surface area contributed by atoms with Crippen molar-refractivity contribution in [1.29, 1.82) is 0 Å². The largest absolute Gasteiger partial charge is 0.388 e. The lowest BCUT2D eigenvalue weighted by Crippen LogP contribution is -2.34. The van der Waals surface area contributed by atoms with Gasteiger partial charge in [-0.05, 0) is 17.7 Å². The third-order valence-electron chi connectivity index (χ3n) is 4.05. The van der Waals surface area contributed by atoms with Gasteiger partial charge in [-0.2, -0.15) is 0 Å². The van der Waals surface area contributed by atoms with E-state index in [1.807, 2.05) is 30.3 Å². The van der Waals surface area contributed by atoms with E-state index in [-0.39, 0.29) is 18.8 Å². The summed E-state index contributed by atoms with van der Waals surface area (Å²) in [6.45, 7) is 0.542. The molecular weight excluding hydrogens is 328 g/mol. The number of ether oxygens (including phenoxy) is 2. The van der Waals surface area contributed by atoms with Gasteiger partial charge in [0.05, 0.1) is 19.3 Å². The van der Waals surface area contributed by atoms with Gasteiger partial charge in [0.1, 0.15) is 12.2 Å². The first-order chi connectivity index (χ1) is 11.6. The lowest BCUT2D eigenvalue weighted by atomic mass is 10.0. The van der Waals surface area contributed by atoms with Crippen LogP contribution in [0.4, 0.5) is 0 Å². The van der Waals surface area contributed by atoms with Crippen LogP contribution in [0.15, 0.2) is 54.6 Å². The predicted octanol–water partition coefficient (Wildman–Crippen LogP) is 3.26. The quantitative estimate of drug-likeness (QED) is 0.816. The van der Waals surface area contributed by atoms with Gasteiger partial charge in [0, 0.05) is 17.0 Å². The number of aliphatic hydroxyl groups excluding tert-OH is 1. The van der Waals surface area contributed by atoms with Crippen molar-refractivity contribution in [2.45, 2.75) is 31.3 Å². The maximum absolute atomic E-state index is 12.4. The molecule has 1 saturated heterocycles. The van der Waals surface area contributed by atoms with Crippen molar-refractivity contribution >= 4 is 17.4 Å². The van der Waals surface area contributed by atoms with E-state index < -0.39 is 18.3 Å². The van der Waals surface area contributed by atoms with Crippen LogP contribution in [0.2, 0.25) is 5.02 Å². The highest BCUT2D eigenvalue weighted by atomic mass is 35.5. The molecule has 0 unspecified atom stereocenters. The molecule has 1 N–H and O–H groups in total. The van der Waals surface area contributed by atoms with E-state index in [1.165, 1.54) is 0 Å². The molecule has 3 rings (SSSR count). The molecule has 4 nitrogen and oxygen atoms in total. The molecule has 0 bridgehead atoms. The maximum Gasteiger partial charge on any atom is 0.165 e. The second-order valence-corrected chi connectivity index (χ2v) is 6.27. The van der Waals surface area contributed by atoms with E-state index in [9.17, 15) is 9.90 Å². The van der Waals surface area contributed by atoms with Gasteiger partial charge >= 0.3 is 0 Å². The van der Waals surface area contributed by atoms with Crippen LogP contribution in [0.1, 0.15) is 22.3 Å². The number of hydrogen-bond acceptors (Lipinski definition) is 4. The predicted molar refractivity (Wildman–Crippen MR) is 91.2 cm³/mol. The first-order valence-electron chi connectivity index (χ1n) is 7.87. The summed E-state index contributed by atoms with van der Waals surface area (Å²) in [6.07, 6.45) is -1.56. The van der Waals surface area contributed by atoms with Crippen molar-refractivity contribution < 1.29 is 19.4 Å². The van der Waals surface area contributed by atoms with Crippen molar-refractivity contribution in [1.82, 2.24) is 0 Å². The Bertz CT molecular complexity index is 689. The summed E-state index contributed by atoms with van der Waals surface area (Å²) in [4.78, 5) is 12.4. The number of ketones is 1. The number of carbonyl (C=O) groups excluding carboxylic acids is 1. The highest BCUT2D eigenvalue weighted by molar-refractivity contribution is 6.31. The molecule has 1 heterocycles. The Morgan fingerprint density at radius 3 is 2.75 bits per heavy atom. The second kappa shape index (κ2) is 7.90. The standard InChI is InChI=1S/C19H19ClO4/c20-15-8-4-7-14(9-15)16(21)10-18-19(17(22)12-23-18)24-11-13-5-2-1-3-6-13/h1-9,17-19,22H,10-12H2/t17-,18-,19-/m1/s1. The van der Waals surface area contributed by atoms with Crippen molar-refractivity contribution in [3.63, 3.8) is 0 Å². The Kier molecular flexibility index (Phi) is 5.63. The van der Waals surface area contributed by atoms with Crippen molar-refractivity contribution in [2.24, 2.45) is 0 Å². The molecule has 126 valence electrons. The van der Waals surface area contributed by atoms with Crippen LogP contribution < -0.4 is 0 Å². The summed E-state index contributed by atoms with van der Waals surface area (Å²) in [7, 11) is 0. The van der Waals surface area contributed by atoms with Gasteiger partial charge < -0.3 is 14.6 Å². The molecule has 2 aromatic carbocycles. The lowest BCUT2D eigenvalue weighted by Gasteiger charge is -2.20. The van der Waals surface area contributed by atoms with Gasteiger partial charge in [-0.3, -0.25) is 4.79 Å². The van der Waals surface area contributed by atoms with Crippen LogP contribution in [-0.4, -0.2) is 35.8 Å². The molecule has 1 aliphatic heterocycles. The minimum absolute atomic E-state index is 0.0788. The smallest absolute Gasteiger partial charge is 0.165 e. The second-order valence-electron chi connectivity index (χ2n) is 5.84. The van der Waals surface area contributed by atoms with Gasteiger partial charge in [0.25, 0.3) is 0 Å². The molecule has 0 amide bonds. The number of Topliss-reactive ketones (excluding diaryl/α,β-unsaturated/α-hetero) is 1. The normalized spacial score (nSPS) is 23.3. The van der Waals surface area contributed by atoms with E-state index in [0.717, 1.165) is 5.56 Å². The molecule has 0 aromatic heterocycles. The maximum atomic E-state index is 12.4. The SMILES string of the molecule is O=C(C[C@H]1OC[C@@H](O)[C@H]1OCc1ccccc1)c1cccc(Cl)c1. The fraction of sp³-hybridized carbons (Fsp3) is 0.316. The molecule has 0 saturated carbocycles. The van der Waals surface area contributed by atoms with Crippen LogP contribution in [0.3, 0.4) is 0 Å². The molecule has 0 aliphatic carbocycles. The van der Waals surface area contributed by atoms with Gasteiger partial charge in [0.15, 0.2) is 5.78 Å². The fourth-order valence-corrected chi connectivity index (χ4v) is 2.97. The first-order valence-corrected chi connectivity index (χ1v) is 8.25. The van der Waals surface area contributed by atoms with Crippen LogP contribution in [-0.2, 0) is 16.1 Å². The summed E-state index contributed by atoms with van der Waals surface area (Å²) >= 11 is 5.93. The summed E-state index contributed by atoms with van der Waals surface area (Å²) in [5.74, 6) is -0.0788. The zero-order valence-electron chi connectivity index (χ0n) is 13.1. The Balaban J connectivity index is 1.62. The summed E-state index contributed by atoms with van der Waals surface area (Å²) in [5.41, 5.74) is 1.55. The molecule has 0 spiro atoms. The van der Waals surface area contributed by atoms with E-state index in [4.69, 9.17) is 21.1 Å². The number of halogens is 1. The van der Waals surface area contributed by atoms with E-state index in [1.54, 1.807) is 24.3 Å². The summed E-state index contributed by atoms with van der Waals surface area (Å²) in [6, 6.07) is 16.5. The highest BCUT2D eigenvalue weighted by Crippen LogP contribution is 2.24. The number of rotatable bonds is 6. The number of aliphatic hydroxyl groups is 1. The van der Waals surface area contributed by atoms with Crippen LogP contribution in [0.25, 0.3) is 0 Å². The van der Waals surface area contributed by atoms with E-state index in [0.29, 0.717) is 17.2 Å². The molecule has 24 heavy (non-hydrogen) atoms. The molecular formula is C19H19ClO4. The molecule has 1 aliphatic rings. The third kappa shape index (κ3) is 4.22. The van der Waals surface area contributed by atoms with Gasteiger partial charge in [-0.15, -0.1) is 0 Å². The Morgan fingerprint density at radius 2 is 2.00 bits per heavy atom. The Labute approximate surface area is 146 Å². The van der Waals surface area contributed by atoms with Crippen LogP contribution >= 0.6 is 11.6 Å².